The fraction of sp³-hybridized carbons (Fsp3) is 0.889. The minimum atomic E-state index is -0.638. The lowest BCUT2D eigenvalue weighted by Gasteiger charge is -2.24. The van der Waals surface area contributed by atoms with Crippen molar-refractivity contribution in [2.75, 3.05) is 6.61 Å². The lowest BCUT2D eigenvalue weighted by Crippen LogP contribution is -2.46. The van der Waals surface area contributed by atoms with Crippen LogP contribution in [0, 0.1) is 0 Å². The minimum Gasteiger partial charge on any atom is -0.456 e. The zero-order valence-electron chi connectivity index (χ0n) is 27.6. The zero-order chi connectivity index (χ0) is 30.2. The summed E-state index contributed by atoms with van der Waals surface area (Å²) in [6, 6.07) is -0.609. The summed E-state index contributed by atoms with van der Waals surface area (Å²) in [6.45, 7) is 5.63. The van der Waals surface area contributed by atoms with Gasteiger partial charge < -0.3 is 15.2 Å². The van der Waals surface area contributed by atoms with E-state index in [9.17, 15) is 14.7 Å². The van der Waals surface area contributed by atoms with Crippen molar-refractivity contribution in [3.8, 4) is 0 Å². The standard InChI is InChI=1S/C36H69NO4/c1-4-6-8-10-12-14-16-18-20-22-24-26-28-30-35(41-33(3)39)34(32-38)37-36(40)31-29-27-25-23-21-19-17-15-13-11-9-7-5-2/h28,30,34-35,38H,4-27,29,31-32H2,1-3H3,(H,37,40)/t34-,35+/m0/s1. The Balaban J connectivity index is 4.01. The van der Waals surface area contributed by atoms with Gasteiger partial charge in [0, 0.05) is 13.3 Å². The fourth-order valence-corrected chi connectivity index (χ4v) is 5.42. The molecular weight excluding hydrogens is 510 g/mol. The summed E-state index contributed by atoms with van der Waals surface area (Å²) in [5.41, 5.74) is 0. The molecule has 0 fully saturated rings. The maximum absolute atomic E-state index is 12.5. The second-order valence-electron chi connectivity index (χ2n) is 12.2. The molecule has 0 spiro atoms. The third kappa shape index (κ3) is 28.5. The fourth-order valence-electron chi connectivity index (χ4n) is 5.42. The number of ether oxygens (including phenoxy) is 1. The quantitative estimate of drug-likeness (QED) is 0.0487. The van der Waals surface area contributed by atoms with Crippen molar-refractivity contribution in [1.82, 2.24) is 5.32 Å². The summed E-state index contributed by atoms with van der Waals surface area (Å²) < 4.78 is 5.43. The molecule has 5 nitrogen and oxygen atoms in total. The van der Waals surface area contributed by atoms with Crippen LogP contribution in [0.4, 0.5) is 0 Å². The Bertz CT molecular complexity index is 606. The molecule has 0 unspecified atom stereocenters. The number of nitrogens with one attached hydrogen (secondary N) is 1. The molecule has 0 aromatic carbocycles. The Hall–Kier alpha value is -1.36. The van der Waals surface area contributed by atoms with E-state index in [1.54, 1.807) is 0 Å². The predicted molar refractivity (Wildman–Crippen MR) is 175 cm³/mol. The van der Waals surface area contributed by atoms with Crippen LogP contribution in [-0.4, -0.2) is 35.7 Å². The molecule has 41 heavy (non-hydrogen) atoms. The molecule has 242 valence electrons. The van der Waals surface area contributed by atoms with Crippen LogP contribution >= 0.6 is 0 Å². The van der Waals surface area contributed by atoms with Gasteiger partial charge in [-0.2, -0.15) is 0 Å². The zero-order valence-corrected chi connectivity index (χ0v) is 27.6. The van der Waals surface area contributed by atoms with Crippen molar-refractivity contribution in [2.24, 2.45) is 0 Å². The summed E-state index contributed by atoms with van der Waals surface area (Å²) in [5, 5.41) is 12.8. The molecule has 5 heteroatoms. The third-order valence-corrected chi connectivity index (χ3v) is 8.05. The van der Waals surface area contributed by atoms with Gasteiger partial charge in [-0.25, -0.2) is 0 Å². The first-order valence-corrected chi connectivity index (χ1v) is 17.8. The highest BCUT2D eigenvalue weighted by atomic mass is 16.5. The van der Waals surface area contributed by atoms with E-state index < -0.39 is 18.1 Å². The molecule has 2 N–H and O–H groups in total. The smallest absolute Gasteiger partial charge is 0.303 e. The lowest BCUT2D eigenvalue weighted by atomic mass is 10.0. The van der Waals surface area contributed by atoms with Gasteiger partial charge in [0.1, 0.15) is 6.10 Å². The molecule has 0 aromatic heterocycles. The van der Waals surface area contributed by atoms with Crippen LogP contribution in [0.1, 0.15) is 188 Å². The van der Waals surface area contributed by atoms with Crippen molar-refractivity contribution >= 4 is 11.9 Å². The molecule has 2 atom stereocenters. The summed E-state index contributed by atoms with van der Waals surface area (Å²) in [6.07, 6.45) is 35.6. The highest BCUT2D eigenvalue weighted by Gasteiger charge is 2.23. The van der Waals surface area contributed by atoms with Crippen LogP contribution in [0.15, 0.2) is 12.2 Å². The van der Waals surface area contributed by atoms with Gasteiger partial charge in [0.25, 0.3) is 0 Å². The van der Waals surface area contributed by atoms with Crippen LogP contribution in [0.2, 0.25) is 0 Å². The molecule has 0 aliphatic carbocycles. The van der Waals surface area contributed by atoms with E-state index in [2.05, 4.69) is 19.2 Å². The van der Waals surface area contributed by atoms with E-state index in [0.29, 0.717) is 6.42 Å². The van der Waals surface area contributed by atoms with E-state index in [4.69, 9.17) is 4.74 Å². The van der Waals surface area contributed by atoms with Crippen LogP contribution in [0.25, 0.3) is 0 Å². The predicted octanol–water partition coefficient (Wildman–Crippen LogP) is 10.1. The second kappa shape index (κ2) is 31.6. The molecule has 0 heterocycles. The molecule has 0 bridgehead atoms. The van der Waals surface area contributed by atoms with Crippen molar-refractivity contribution in [3.05, 3.63) is 12.2 Å². The maximum atomic E-state index is 12.5. The molecule has 0 saturated heterocycles. The third-order valence-electron chi connectivity index (χ3n) is 8.05. The second-order valence-corrected chi connectivity index (χ2v) is 12.2. The number of aliphatic hydroxyl groups excluding tert-OH is 1. The molecule has 0 radical (unpaired) electrons. The van der Waals surface area contributed by atoms with Crippen molar-refractivity contribution in [2.45, 2.75) is 200 Å². The summed E-state index contributed by atoms with van der Waals surface area (Å²) in [7, 11) is 0. The average Bonchev–Trinajstić information content (AvgIpc) is 2.95. The molecule has 0 aromatic rings. The van der Waals surface area contributed by atoms with E-state index in [1.807, 2.05) is 12.2 Å². The largest absolute Gasteiger partial charge is 0.456 e. The average molecular weight is 580 g/mol. The Morgan fingerprint density at radius 3 is 1.41 bits per heavy atom. The number of rotatable bonds is 31. The van der Waals surface area contributed by atoms with Crippen LogP contribution in [-0.2, 0) is 14.3 Å². The number of amides is 1. The number of carbonyl (C=O) groups is 2. The molecular formula is C36H69NO4. The van der Waals surface area contributed by atoms with Gasteiger partial charge in [-0.3, -0.25) is 9.59 Å². The van der Waals surface area contributed by atoms with E-state index in [-0.39, 0.29) is 12.5 Å². The molecule has 0 aliphatic rings. The van der Waals surface area contributed by atoms with E-state index >= 15 is 0 Å². The van der Waals surface area contributed by atoms with Crippen molar-refractivity contribution < 1.29 is 19.4 Å². The van der Waals surface area contributed by atoms with Gasteiger partial charge in [0.15, 0.2) is 0 Å². The summed E-state index contributed by atoms with van der Waals surface area (Å²) in [4.78, 5) is 24.2. The Morgan fingerprint density at radius 1 is 0.634 bits per heavy atom. The van der Waals surface area contributed by atoms with Gasteiger partial charge in [-0.15, -0.1) is 0 Å². The number of hydrogen-bond donors (Lipinski definition) is 2. The number of esters is 1. The normalized spacial score (nSPS) is 13.0. The number of aliphatic hydroxyl groups is 1. The van der Waals surface area contributed by atoms with E-state index in [1.165, 1.54) is 142 Å². The van der Waals surface area contributed by atoms with Crippen molar-refractivity contribution in [3.63, 3.8) is 0 Å². The highest BCUT2D eigenvalue weighted by Crippen LogP contribution is 2.14. The first-order valence-electron chi connectivity index (χ1n) is 17.8. The number of hydrogen-bond acceptors (Lipinski definition) is 4. The molecule has 1 amide bonds. The van der Waals surface area contributed by atoms with Gasteiger partial charge in [-0.1, -0.05) is 161 Å². The summed E-state index contributed by atoms with van der Waals surface area (Å²) in [5.74, 6) is -0.485. The molecule has 0 saturated carbocycles. The first-order chi connectivity index (χ1) is 20.0. The molecule has 0 aliphatic heterocycles. The maximum Gasteiger partial charge on any atom is 0.303 e. The van der Waals surface area contributed by atoms with Gasteiger partial charge in [0.05, 0.1) is 12.6 Å². The lowest BCUT2D eigenvalue weighted by molar-refractivity contribution is -0.146. The monoisotopic (exact) mass is 580 g/mol. The van der Waals surface area contributed by atoms with Gasteiger partial charge >= 0.3 is 5.97 Å². The first kappa shape index (κ1) is 39.6. The highest BCUT2D eigenvalue weighted by molar-refractivity contribution is 5.76. The van der Waals surface area contributed by atoms with Crippen LogP contribution in [0.3, 0.4) is 0 Å². The van der Waals surface area contributed by atoms with E-state index in [0.717, 1.165) is 25.7 Å². The number of allylic oxidation sites excluding steroid dienone is 1. The minimum absolute atomic E-state index is 0.0805. The van der Waals surface area contributed by atoms with Crippen LogP contribution in [0.5, 0.6) is 0 Å². The Morgan fingerprint density at radius 2 is 1.02 bits per heavy atom. The van der Waals surface area contributed by atoms with Crippen LogP contribution < -0.4 is 5.32 Å². The Labute approximate surface area is 255 Å². The van der Waals surface area contributed by atoms with Gasteiger partial charge in [-0.05, 0) is 25.3 Å². The van der Waals surface area contributed by atoms with Crippen molar-refractivity contribution in [1.29, 1.82) is 0 Å². The Kier molecular flexibility index (Phi) is 30.5. The topological polar surface area (TPSA) is 75.6 Å². The summed E-state index contributed by atoms with van der Waals surface area (Å²) >= 11 is 0. The number of carbonyl (C=O) groups excluding carboxylic acids is 2. The molecule has 0 rings (SSSR count). The SMILES string of the molecule is CCCCCCCCCCCCCC=C[C@@H](OC(C)=O)[C@H](CO)NC(=O)CCCCCCCCCCCCCCC. The van der Waals surface area contributed by atoms with Gasteiger partial charge in [0.2, 0.25) is 5.91 Å². The number of unbranched alkanes of at least 4 members (excludes halogenated alkanes) is 23.